The van der Waals surface area contributed by atoms with Crippen molar-refractivity contribution in [1.29, 1.82) is 0 Å². The molecule has 2 atom stereocenters. The Morgan fingerprint density at radius 1 is 1.46 bits per heavy atom. The first-order valence-electron chi connectivity index (χ1n) is 5.15. The van der Waals surface area contributed by atoms with Gasteiger partial charge in [-0.25, -0.2) is 0 Å². The van der Waals surface area contributed by atoms with Gasteiger partial charge >= 0.3 is 0 Å². The lowest BCUT2D eigenvalue weighted by Gasteiger charge is -2.35. The minimum atomic E-state index is -0.135. The highest BCUT2D eigenvalue weighted by atomic mass is 16.5. The van der Waals surface area contributed by atoms with Crippen molar-refractivity contribution in [1.82, 2.24) is 5.43 Å². The smallest absolute Gasteiger partial charge is 0.0813 e. The van der Waals surface area contributed by atoms with Crippen LogP contribution >= 0.6 is 0 Å². The van der Waals surface area contributed by atoms with Gasteiger partial charge in [0.05, 0.1) is 5.60 Å². The molecular weight excluding hydrogens is 164 g/mol. The fraction of sp³-hybridized carbons (Fsp3) is 1.00. The maximum atomic E-state index is 5.52. The van der Waals surface area contributed by atoms with Crippen molar-refractivity contribution < 1.29 is 4.74 Å². The third-order valence-corrected chi connectivity index (χ3v) is 2.95. The van der Waals surface area contributed by atoms with E-state index in [4.69, 9.17) is 10.6 Å². The molecule has 0 aliphatic rings. The molecule has 0 aromatic heterocycles. The molecule has 0 amide bonds. The number of unbranched alkanes of at least 4 members (excludes halogenated alkanes) is 1. The van der Waals surface area contributed by atoms with Crippen molar-refractivity contribution in [3.05, 3.63) is 0 Å². The normalized spacial score (nSPS) is 18.2. The van der Waals surface area contributed by atoms with E-state index in [2.05, 4.69) is 26.2 Å². The Balaban J connectivity index is 4.16. The molecule has 0 rings (SSSR count). The standard InChI is InChI=1S/C10H24N2O/c1-5-7-8-9(12-11)10(3,6-2)13-4/h9,12H,5-8,11H2,1-4H3. The van der Waals surface area contributed by atoms with E-state index in [0.717, 1.165) is 12.8 Å². The van der Waals surface area contributed by atoms with E-state index >= 15 is 0 Å². The summed E-state index contributed by atoms with van der Waals surface area (Å²) in [6.07, 6.45) is 4.43. The molecule has 0 radical (unpaired) electrons. The van der Waals surface area contributed by atoms with Gasteiger partial charge in [-0.15, -0.1) is 0 Å². The summed E-state index contributed by atoms with van der Waals surface area (Å²) in [6.45, 7) is 6.41. The second-order valence-electron chi connectivity index (χ2n) is 3.73. The number of hydrogen-bond acceptors (Lipinski definition) is 3. The lowest BCUT2D eigenvalue weighted by molar-refractivity contribution is -0.0316. The van der Waals surface area contributed by atoms with Crippen LogP contribution in [0.3, 0.4) is 0 Å². The maximum Gasteiger partial charge on any atom is 0.0813 e. The molecule has 3 nitrogen and oxygen atoms in total. The van der Waals surface area contributed by atoms with Crippen LogP contribution in [-0.2, 0) is 4.74 Å². The average molecular weight is 188 g/mol. The van der Waals surface area contributed by atoms with Gasteiger partial charge in [0.1, 0.15) is 0 Å². The first-order chi connectivity index (χ1) is 6.14. The van der Waals surface area contributed by atoms with E-state index in [1.165, 1.54) is 12.8 Å². The zero-order valence-electron chi connectivity index (χ0n) is 9.39. The fourth-order valence-corrected chi connectivity index (χ4v) is 1.51. The molecule has 0 heterocycles. The molecule has 0 aliphatic carbocycles. The van der Waals surface area contributed by atoms with E-state index in [9.17, 15) is 0 Å². The highest BCUT2D eigenvalue weighted by Crippen LogP contribution is 2.22. The molecule has 0 fully saturated rings. The van der Waals surface area contributed by atoms with Crippen LogP contribution in [-0.4, -0.2) is 18.8 Å². The van der Waals surface area contributed by atoms with Crippen molar-refractivity contribution in [3.63, 3.8) is 0 Å². The molecule has 0 aliphatic heterocycles. The largest absolute Gasteiger partial charge is 0.377 e. The van der Waals surface area contributed by atoms with Gasteiger partial charge in [-0.3, -0.25) is 11.3 Å². The second-order valence-corrected chi connectivity index (χ2v) is 3.73. The second kappa shape index (κ2) is 6.35. The zero-order valence-corrected chi connectivity index (χ0v) is 9.39. The topological polar surface area (TPSA) is 47.3 Å². The van der Waals surface area contributed by atoms with Crippen LogP contribution in [0.15, 0.2) is 0 Å². The Bertz CT molecular complexity index is 124. The van der Waals surface area contributed by atoms with Gasteiger partial charge in [0, 0.05) is 13.2 Å². The molecule has 0 saturated carbocycles. The Hall–Kier alpha value is -0.120. The summed E-state index contributed by atoms with van der Waals surface area (Å²) in [5, 5.41) is 0. The van der Waals surface area contributed by atoms with Gasteiger partial charge in [-0.05, 0) is 19.8 Å². The Labute approximate surface area is 82.0 Å². The van der Waals surface area contributed by atoms with Crippen LogP contribution in [0.25, 0.3) is 0 Å². The summed E-state index contributed by atoms with van der Waals surface area (Å²) >= 11 is 0. The maximum absolute atomic E-state index is 5.52. The summed E-state index contributed by atoms with van der Waals surface area (Å²) in [6, 6.07) is 0.252. The van der Waals surface area contributed by atoms with Gasteiger partial charge in [0.25, 0.3) is 0 Å². The van der Waals surface area contributed by atoms with Crippen molar-refractivity contribution in [2.45, 2.75) is 58.1 Å². The van der Waals surface area contributed by atoms with Crippen LogP contribution in [0.1, 0.15) is 46.5 Å². The molecule has 2 unspecified atom stereocenters. The number of hydrogen-bond donors (Lipinski definition) is 2. The molecule has 3 heteroatoms. The SMILES string of the molecule is CCCCC(NN)C(C)(CC)OC. The minimum Gasteiger partial charge on any atom is -0.377 e. The van der Waals surface area contributed by atoms with Crippen molar-refractivity contribution >= 4 is 0 Å². The van der Waals surface area contributed by atoms with Gasteiger partial charge in [0.2, 0.25) is 0 Å². The quantitative estimate of drug-likeness (QED) is 0.473. The fourth-order valence-electron chi connectivity index (χ4n) is 1.51. The van der Waals surface area contributed by atoms with Crippen LogP contribution in [0.2, 0.25) is 0 Å². The Morgan fingerprint density at radius 2 is 2.08 bits per heavy atom. The summed E-state index contributed by atoms with van der Waals surface area (Å²) in [5.74, 6) is 5.52. The number of methoxy groups -OCH3 is 1. The Morgan fingerprint density at radius 3 is 2.38 bits per heavy atom. The number of nitrogens with one attached hydrogen (secondary N) is 1. The van der Waals surface area contributed by atoms with Crippen LogP contribution in [0, 0.1) is 0 Å². The van der Waals surface area contributed by atoms with Crippen LogP contribution in [0.5, 0.6) is 0 Å². The summed E-state index contributed by atoms with van der Waals surface area (Å²) < 4.78 is 5.49. The van der Waals surface area contributed by atoms with Gasteiger partial charge in [-0.1, -0.05) is 26.7 Å². The van der Waals surface area contributed by atoms with E-state index < -0.39 is 0 Å². The molecule has 0 saturated heterocycles. The third kappa shape index (κ3) is 3.63. The molecule has 0 bridgehead atoms. The molecule has 0 spiro atoms. The zero-order chi connectivity index (χ0) is 10.3. The minimum absolute atomic E-state index is 0.135. The third-order valence-electron chi connectivity index (χ3n) is 2.95. The van der Waals surface area contributed by atoms with E-state index in [1.807, 2.05) is 0 Å². The molecule has 80 valence electrons. The molecule has 0 aromatic carbocycles. The van der Waals surface area contributed by atoms with E-state index in [0.29, 0.717) is 0 Å². The number of rotatable bonds is 7. The first-order valence-corrected chi connectivity index (χ1v) is 5.15. The molecule has 13 heavy (non-hydrogen) atoms. The number of hydrazine groups is 1. The summed E-state index contributed by atoms with van der Waals surface area (Å²) in [5.41, 5.74) is 2.72. The summed E-state index contributed by atoms with van der Waals surface area (Å²) in [7, 11) is 1.75. The highest BCUT2D eigenvalue weighted by Gasteiger charge is 2.30. The van der Waals surface area contributed by atoms with Crippen molar-refractivity contribution in [3.8, 4) is 0 Å². The van der Waals surface area contributed by atoms with Crippen LogP contribution in [0.4, 0.5) is 0 Å². The van der Waals surface area contributed by atoms with Gasteiger partial charge in [0.15, 0.2) is 0 Å². The van der Waals surface area contributed by atoms with E-state index in [-0.39, 0.29) is 11.6 Å². The number of ether oxygens (including phenoxy) is 1. The molecule has 3 N–H and O–H groups in total. The first kappa shape index (κ1) is 12.9. The monoisotopic (exact) mass is 188 g/mol. The lowest BCUT2D eigenvalue weighted by atomic mass is 9.90. The van der Waals surface area contributed by atoms with Crippen LogP contribution < -0.4 is 11.3 Å². The van der Waals surface area contributed by atoms with E-state index in [1.54, 1.807) is 7.11 Å². The molecular formula is C10H24N2O. The highest BCUT2D eigenvalue weighted by molar-refractivity contribution is 4.86. The predicted molar refractivity (Wildman–Crippen MR) is 56.3 cm³/mol. The Kier molecular flexibility index (Phi) is 6.29. The summed E-state index contributed by atoms with van der Waals surface area (Å²) in [4.78, 5) is 0. The van der Waals surface area contributed by atoms with Crippen molar-refractivity contribution in [2.24, 2.45) is 5.84 Å². The van der Waals surface area contributed by atoms with Gasteiger partial charge in [-0.2, -0.15) is 0 Å². The molecule has 0 aromatic rings. The lowest BCUT2D eigenvalue weighted by Crippen LogP contribution is -2.52. The van der Waals surface area contributed by atoms with Gasteiger partial charge < -0.3 is 4.74 Å². The average Bonchev–Trinajstić information content (AvgIpc) is 2.18. The number of nitrogens with two attached hydrogens (primary N) is 1. The van der Waals surface area contributed by atoms with Crippen molar-refractivity contribution in [2.75, 3.05) is 7.11 Å². The predicted octanol–water partition coefficient (Wildman–Crippen LogP) is 1.82.